The Hall–Kier alpha value is -4.91. The second-order valence-corrected chi connectivity index (χ2v) is 10.6. The van der Waals surface area contributed by atoms with Crippen molar-refractivity contribution in [3.05, 3.63) is 71.7 Å². The van der Waals surface area contributed by atoms with Gasteiger partial charge in [0.15, 0.2) is 17.5 Å². The molecule has 1 aliphatic rings. The van der Waals surface area contributed by atoms with Crippen LogP contribution in [0.2, 0.25) is 0 Å². The Bertz CT molecular complexity index is 1580. The van der Waals surface area contributed by atoms with Crippen LogP contribution in [-0.4, -0.2) is 84.1 Å². The quantitative estimate of drug-likeness (QED) is 0.223. The lowest BCUT2D eigenvalue weighted by Gasteiger charge is -2.30. The number of aryl methyl sites for hydroxylation is 1. The molecule has 45 heavy (non-hydrogen) atoms. The summed E-state index contributed by atoms with van der Waals surface area (Å²) in [6.07, 6.45) is 2.16. The number of amides is 2. The van der Waals surface area contributed by atoms with Gasteiger partial charge in [-0.2, -0.15) is 4.80 Å². The van der Waals surface area contributed by atoms with Gasteiger partial charge in [0.25, 0.3) is 5.91 Å². The lowest BCUT2D eigenvalue weighted by atomic mass is 10.1. The zero-order valence-electron chi connectivity index (χ0n) is 25.9. The molecule has 2 atom stereocenters. The van der Waals surface area contributed by atoms with E-state index < -0.39 is 6.04 Å². The molecule has 1 fully saturated rings. The van der Waals surface area contributed by atoms with E-state index >= 15 is 0 Å². The fourth-order valence-electron chi connectivity index (χ4n) is 5.20. The largest absolute Gasteiger partial charge is 0.497 e. The van der Waals surface area contributed by atoms with Crippen molar-refractivity contribution >= 4 is 11.8 Å². The lowest BCUT2D eigenvalue weighted by molar-refractivity contribution is -0.142. The highest BCUT2D eigenvalue weighted by molar-refractivity contribution is 5.88. The Morgan fingerprint density at radius 3 is 2.51 bits per heavy atom. The van der Waals surface area contributed by atoms with Gasteiger partial charge in [-0.25, -0.2) is 0 Å². The van der Waals surface area contributed by atoms with Gasteiger partial charge in [-0.05, 0) is 85.5 Å². The first-order chi connectivity index (χ1) is 21.9. The Kier molecular flexibility index (Phi) is 10.3. The number of tetrazole rings is 1. The number of nitrogens with zero attached hydrogens (tertiary/aromatic N) is 5. The minimum atomic E-state index is -1.04. The van der Waals surface area contributed by atoms with Crippen LogP contribution in [0.3, 0.4) is 0 Å². The van der Waals surface area contributed by atoms with Crippen LogP contribution < -0.4 is 19.5 Å². The van der Waals surface area contributed by atoms with E-state index in [4.69, 9.17) is 23.4 Å². The van der Waals surface area contributed by atoms with Gasteiger partial charge >= 0.3 is 0 Å². The van der Waals surface area contributed by atoms with Crippen molar-refractivity contribution in [2.45, 2.75) is 44.9 Å². The van der Waals surface area contributed by atoms with E-state index in [1.54, 1.807) is 52.5 Å². The number of carbonyl (C=O) groups is 2. The third kappa shape index (κ3) is 7.79. The summed E-state index contributed by atoms with van der Waals surface area (Å²) in [6.45, 7) is 2.74. The zero-order chi connectivity index (χ0) is 31.8. The Balaban J connectivity index is 1.41. The second kappa shape index (κ2) is 14.7. The predicted octanol–water partition coefficient (Wildman–Crippen LogP) is 3.38. The van der Waals surface area contributed by atoms with Crippen LogP contribution in [0.15, 0.2) is 59.0 Å². The van der Waals surface area contributed by atoms with Crippen LogP contribution in [0.5, 0.6) is 17.2 Å². The van der Waals surface area contributed by atoms with E-state index in [2.05, 4.69) is 20.7 Å². The average Bonchev–Trinajstić information content (AvgIpc) is 3.85. The van der Waals surface area contributed by atoms with Crippen molar-refractivity contribution in [3.8, 4) is 28.6 Å². The molecule has 2 aromatic heterocycles. The first-order valence-corrected chi connectivity index (χ1v) is 14.8. The molecule has 0 unspecified atom stereocenters. The van der Waals surface area contributed by atoms with Gasteiger partial charge in [-0.3, -0.25) is 9.59 Å². The van der Waals surface area contributed by atoms with Crippen molar-refractivity contribution in [1.29, 1.82) is 0 Å². The summed E-state index contributed by atoms with van der Waals surface area (Å²) in [5.74, 6) is 2.43. The summed E-state index contributed by atoms with van der Waals surface area (Å²) in [5.41, 5.74) is 1.61. The van der Waals surface area contributed by atoms with E-state index in [1.807, 2.05) is 30.3 Å². The summed E-state index contributed by atoms with van der Waals surface area (Å²) in [6, 6.07) is 15.2. The highest BCUT2D eigenvalue weighted by Crippen LogP contribution is 2.29. The van der Waals surface area contributed by atoms with Crippen molar-refractivity contribution in [1.82, 2.24) is 30.4 Å². The van der Waals surface area contributed by atoms with Gasteiger partial charge in [0.2, 0.25) is 11.7 Å². The average molecular weight is 619 g/mol. The fourth-order valence-corrected chi connectivity index (χ4v) is 5.20. The molecule has 3 heterocycles. The first-order valence-electron chi connectivity index (χ1n) is 14.8. The topological polar surface area (TPSA) is 143 Å². The molecule has 13 heteroatoms. The number of furan rings is 1. The van der Waals surface area contributed by atoms with Crippen LogP contribution in [0.1, 0.15) is 36.0 Å². The maximum absolute atomic E-state index is 14.1. The summed E-state index contributed by atoms with van der Waals surface area (Å²) < 4.78 is 27.7. The van der Waals surface area contributed by atoms with Crippen LogP contribution in [-0.2, 0) is 27.3 Å². The normalized spacial score (nSPS) is 15.0. The standard InChI is InChI=1S/C32H38N6O7/c1-21-7-13-27(45-21)30(32(40)33-19-25-6-5-17-44-25)37(16-15-22-8-14-26(42-3)28(18-22)43-4)29(39)20-38-35-31(34-36-38)23-9-11-24(41-2)12-10-23/h7-14,18,25,30H,5-6,15-17,19-20H2,1-4H3,(H,33,40)/t25-,30+/m1/s1. The van der Waals surface area contributed by atoms with E-state index in [1.165, 1.54) is 9.70 Å². The molecule has 2 aromatic carbocycles. The molecule has 4 aromatic rings. The molecular weight excluding hydrogens is 580 g/mol. The highest BCUT2D eigenvalue weighted by atomic mass is 16.5. The van der Waals surface area contributed by atoms with Crippen LogP contribution in [0, 0.1) is 6.92 Å². The smallest absolute Gasteiger partial charge is 0.250 e. The molecular formula is C32H38N6O7. The molecule has 238 valence electrons. The number of hydrogen-bond donors (Lipinski definition) is 1. The maximum Gasteiger partial charge on any atom is 0.250 e. The number of nitrogens with one attached hydrogen (secondary N) is 1. The molecule has 13 nitrogen and oxygen atoms in total. The van der Waals surface area contributed by atoms with Crippen molar-refractivity contribution in [2.75, 3.05) is 41.0 Å². The van der Waals surface area contributed by atoms with E-state index in [0.29, 0.717) is 54.2 Å². The van der Waals surface area contributed by atoms with Gasteiger partial charge in [0.1, 0.15) is 23.8 Å². The molecule has 1 saturated heterocycles. The maximum atomic E-state index is 14.1. The number of carbonyl (C=O) groups excluding carboxylic acids is 2. The van der Waals surface area contributed by atoms with Gasteiger partial charge in [-0.1, -0.05) is 6.07 Å². The van der Waals surface area contributed by atoms with Crippen molar-refractivity contribution in [3.63, 3.8) is 0 Å². The van der Waals surface area contributed by atoms with Crippen LogP contribution in [0.25, 0.3) is 11.4 Å². The molecule has 0 bridgehead atoms. The number of benzene rings is 2. The van der Waals surface area contributed by atoms with Crippen molar-refractivity contribution < 1.29 is 33.0 Å². The molecule has 0 radical (unpaired) electrons. The molecule has 1 aliphatic heterocycles. The van der Waals surface area contributed by atoms with Crippen LogP contribution >= 0.6 is 0 Å². The summed E-state index contributed by atoms with van der Waals surface area (Å²) in [5, 5.41) is 15.7. The van der Waals surface area contributed by atoms with Gasteiger partial charge in [0, 0.05) is 25.3 Å². The molecule has 0 spiro atoms. The predicted molar refractivity (Wildman–Crippen MR) is 163 cm³/mol. The van der Waals surface area contributed by atoms with E-state index in [0.717, 1.165) is 24.0 Å². The van der Waals surface area contributed by atoms with Gasteiger partial charge in [0.05, 0.1) is 27.4 Å². The third-order valence-corrected chi connectivity index (χ3v) is 7.61. The molecule has 0 aliphatic carbocycles. The second-order valence-electron chi connectivity index (χ2n) is 10.6. The fraction of sp³-hybridized carbons (Fsp3) is 0.406. The molecule has 5 rings (SSSR count). The number of rotatable bonds is 14. The van der Waals surface area contributed by atoms with Crippen LogP contribution in [0.4, 0.5) is 0 Å². The van der Waals surface area contributed by atoms with Gasteiger partial charge < -0.3 is 33.6 Å². The summed E-state index contributed by atoms with van der Waals surface area (Å²) >= 11 is 0. The Labute approximate surface area is 261 Å². The minimum Gasteiger partial charge on any atom is -0.497 e. The van der Waals surface area contributed by atoms with Gasteiger partial charge in [-0.15, -0.1) is 10.2 Å². The molecule has 1 N–H and O–H groups in total. The molecule has 0 saturated carbocycles. The summed E-state index contributed by atoms with van der Waals surface area (Å²) in [7, 11) is 4.73. The minimum absolute atomic E-state index is 0.0698. The third-order valence-electron chi connectivity index (χ3n) is 7.61. The Morgan fingerprint density at radius 1 is 1.04 bits per heavy atom. The number of methoxy groups -OCH3 is 3. The number of aromatic nitrogens is 4. The lowest BCUT2D eigenvalue weighted by Crippen LogP contribution is -2.47. The molecule has 2 amide bonds. The highest BCUT2D eigenvalue weighted by Gasteiger charge is 2.35. The van der Waals surface area contributed by atoms with Crippen molar-refractivity contribution in [2.24, 2.45) is 0 Å². The SMILES string of the molecule is COc1ccc(-c2nnn(CC(=O)N(CCc3ccc(OC)c(OC)c3)[C@H](C(=O)NC[C@H]3CCCO3)c3ccc(C)o3)n2)cc1. The number of hydrogen-bond acceptors (Lipinski definition) is 10. The zero-order valence-corrected chi connectivity index (χ0v) is 25.9. The Morgan fingerprint density at radius 2 is 1.84 bits per heavy atom. The van der Waals surface area contributed by atoms with E-state index in [-0.39, 0.29) is 31.0 Å². The van der Waals surface area contributed by atoms with E-state index in [9.17, 15) is 9.59 Å². The first kappa shape index (κ1) is 31.5. The summed E-state index contributed by atoms with van der Waals surface area (Å²) in [4.78, 5) is 30.6. The monoisotopic (exact) mass is 618 g/mol. The number of ether oxygens (including phenoxy) is 4.